The van der Waals surface area contributed by atoms with E-state index in [4.69, 9.17) is 0 Å². The molecule has 2 heterocycles. The monoisotopic (exact) mass is 292 g/mol. The number of carbonyl (C=O) groups excluding carboxylic acids is 1. The number of thioether (sulfide) groups is 1. The second-order valence-corrected chi connectivity index (χ2v) is 6.12. The lowest BCUT2D eigenvalue weighted by atomic mass is 9.91. The van der Waals surface area contributed by atoms with Crippen LogP contribution in [0.5, 0.6) is 0 Å². The zero-order valence-corrected chi connectivity index (χ0v) is 12.4. The van der Waals surface area contributed by atoms with Crippen LogP contribution in [0.3, 0.4) is 0 Å². The van der Waals surface area contributed by atoms with Crippen molar-refractivity contribution in [1.29, 1.82) is 0 Å². The minimum absolute atomic E-state index is 0.00487. The Hall–Kier alpha value is -1.96. The molecule has 1 aliphatic rings. The molecule has 1 amide bonds. The van der Waals surface area contributed by atoms with Gasteiger partial charge in [-0.1, -0.05) is 32.5 Å². The fourth-order valence-corrected chi connectivity index (χ4v) is 2.30. The van der Waals surface area contributed by atoms with Crippen molar-refractivity contribution in [3.8, 4) is 0 Å². The van der Waals surface area contributed by atoms with Gasteiger partial charge in [-0.25, -0.2) is 4.98 Å². The van der Waals surface area contributed by atoms with Crippen LogP contribution in [0.2, 0.25) is 0 Å². The third-order valence-electron chi connectivity index (χ3n) is 2.55. The Morgan fingerprint density at radius 3 is 2.65 bits per heavy atom. The highest BCUT2D eigenvalue weighted by atomic mass is 32.2. The molecule has 1 aromatic rings. The molecule has 106 valence electrons. The van der Waals surface area contributed by atoms with Crippen molar-refractivity contribution in [3.05, 3.63) is 24.3 Å². The van der Waals surface area contributed by atoms with Gasteiger partial charge in [-0.05, 0) is 0 Å². The number of hydrogen-bond donors (Lipinski definition) is 2. The molecule has 0 spiro atoms. The molecular weight excluding hydrogens is 276 g/mol. The van der Waals surface area contributed by atoms with E-state index in [2.05, 4.69) is 51.8 Å². The van der Waals surface area contributed by atoms with Crippen LogP contribution in [0, 0.1) is 5.41 Å². The molecule has 7 nitrogen and oxygen atoms in total. The summed E-state index contributed by atoms with van der Waals surface area (Å²) in [7, 11) is 0. The number of nitrogens with zero attached hydrogens (tertiary/aromatic N) is 4. The van der Waals surface area contributed by atoms with E-state index in [0.29, 0.717) is 5.17 Å². The zero-order chi connectivity index (χ0) is 14.6. The Balaban J connectivity index is 1.92. The summed E-state index contributed by atoms with van der Waals surface area (Å²) in [5.41, 5.74) is 6.50. The molecule has 0 aromatic carbocycles. The minimum atomic E-state index is -0.369. The maximum atomic E-state index is 11.7. The Kier molecular flexibility index (Phi) is 4.33. The molecule has 20 heavy (non-hydrogen) atoms. The van der Waals surface area contributed by atoms with E-state index in [9.17, 15) is 4.79 Å². The smallest absolute Gasteiger partial charge is 0.275 e. The van der Waals surface area contributed by atoms with Crippen molar-refractivity contribution in [2.45, 2.75) is 20.8 Å². The standard InChI is InChI=1S/C12H16N6OS/c1-12(2,3)9-7-20-11(17-15-9)18-16-10(19)8-6-13-4-5-14-8/h4-6H,7H2,1-3H3,(H,16,19)(H,17,18). The van der Waals surface area contributed by atoms with Crippen LogP contribution in [0.1, 0.15) is 31.3 Å². The van der Waals surface area contributed by atoms with E-state index in [1.165, 1.54) is 30.4 Å². The van der Waals surface area contributed by atoms with Gasteiger partial charge in [0, 0.05) is 23.6 Å². The fraction of sp³-hybridized carbons (Fsp3) is 0.417. The zero-order valence-electron chi connectivity index (χ0n) is 11.5. The van der Waals surface area contributed by atoms with Crippen LogP contribution in [0.25, 0.3) is 0 Å². The number of nitrogens with one attached hydrogen (secondary N) is 2. The largest absolute Gasteiger partial charge is 0.289 e. The van der Waals surface area contributed by atoms with Gasteiger partial charge in [0.1, 0.15) is 5.69 Å². The number of aromatic nitrogens is 2. The quantitative estimate of drug-likeness (QED) is 0.759. The maximum absolute atomic E-state index is 11.7. The lowest BCUT2D eigenvalue weighted by Crippen LogP contribution is -2.42. The second kappa shape index (κ2) is 6.00. The van der Waals surface area contributed by atoms with E-state index in [-0.39, 0.29) is 17.0 Å². The molecule has 1 aliphatic heterocycles. The molecule has 0 saturated carbocycles. The van der Waals surface area contributed by atoms with Gasteiger partial charge < -0.3 is 0 Å². The molecule has 0 aliphatic carbocycles. The van der Waals surface area contributed by atoms with Gasteiger partial charge >= 0.3 is 0 Å². The summed E-state index contributed by atoms with van der Waals surface area (Å²) in [5.74, 6) is 0.378. The molecule has 2 N–H and O–H groups in total. The van der Waals surface area contributed by atoms with Gasteiger partial charge in [-0.2, -0.15) is 5.10 Å². The lowest BCUT2D eigenvalue weighted by Gasteiger charge is -2.22. The Morgan fingerprint density at radius 2 is 2.10 bits per heavy atom. The van der Waals surface area contributed by atoms with E-state index in [1.807, 2.05) is 0 Å². The number of rotatable bonds is 1. The molecule has 8 heteroatoms. The summed E-state index contributed by atoms with van der Waals surface area (Å²) in [6.07, 6.45) is 4.36. The number of carbonyl (C=O) groups is 1. The van der Waals surface area contributed by atoms with E-state index in [1.54, 1.807) is 0 Å². The average Bonchev–Trinajstić information content (AvgIpc) is 2.45. The minimum Gasteiger partial charge on any atom is -0.275 e. The maximum Gasteiger partial charge on any atom is 0.289 e. The number of amidine groups is 1. The number of hydrogen-bond acceptors (Lipinski definition) is 7. The van der Waals surface area contributed by atoms with Crippen LogP contribution in [-0.4, -0.2) is 32.5 Å². The van der Waals surface area contributed by atoms with Crippen LogP contribution in [0.15, 0.2) is 28.8 Å². The normalized spacial score (nSPS) is 15.2. The van der Waals surface area contributed by atoms with Crippen LogP contribution >= 0.6 is 11.8 Å². The summed E-state index contributed by atoms with van der Waals surface area (Å²) in [6.45, 7) is 6.28. The van der Waals surface area contributed by atoms with E-state index >= 15 is 0 Å². The molecule has 0 bridgehead atoms. The van der Waals surface area contributed by atoms with Crippen molar-refractivity contribution in [2.24, 2.45) is 15.6 Å². The van der Waals surface area contributed by atoms with Crippen molar-refractivity contribution < 1.29 is 4.79 Å². The first-order valence-corrected chi connectivity index (χ1v) is 7.05. The SMILES string of the molecule is CC(C)(C)C1=NN=C(NNC(=O)c2cnccn2)SC1. The van der Waals surface area contributed by atoms with Gasteiger partial charge in [0.2, 0.25) is 5.17 Å². The Morgan fingerprint density at radius 1 is 1.30 bits per heavy atom. The summed E-state index contributed by atoms with van der Waals surface area (Å²) >= 11 is 1.49. The fourth-order valence-electron chi connectivity index (χ4n) is 1.32. The van der Waals surface area contributed by atoms with Gasteiger partial charge in [-0.15, -0.1) is 5.10 Å². The summed E-state index contributed by atoms with van der Waals surface area (Å²) in [6, 6.07) is 0. The number of amides is 1. The summed E-state index contributed by atoms with van der Waals surface area (Å²) < 4.78 is 0. The van der Waals surface area contributed by atoms with Crippen molar-refractivity contribution in [1.82, 2.24) is 20.8 Å². The van der Waals surface area contributed by atoms with Crippen molar-refractivity contribution >= 4 is 28.5 Å². The van der Waals surface area contributed by atoms with E-state index < -0.39 is 0 Å². The van der Waals surface area contributed by atoms with Gasteiger partial charge in [-0.3, -0.25) is 20.6 Å². The first-order chi connectivity index (χ1) is 9.47. The molecule has 0 saturated heterocycles. The van der Waals surface area contributed by atoms with Crippen molar-refractivity contribution in [3.63, 3.8) is 0 Å². The first-order valence-electron chi connectivity index (χ1n) is 6.07. The van der Waals surface area contributed by atoms with Crippen LogP contribution in [-0.2, 0) is 0 Å². The van der Waals surface area contributed by atoms with Crippen molar-refractivity contribution in [2.75, 3.05) is 5.75 Å². The molecule has 1 aromatic heterocycles. The molecule has 0 fully saturated rings. The van der Waals surface area contributed by atoms with Crippen LogP contribution in [0.4, 0.5) is 0 Å². The highest BCUT2D eigenvalue weighted by Gasteiger charge is 2.22. The highest BCUT2D eigenvalue weighted by Crippen LogP contribution is 2.22. The second-order valence-electron chi connectivity index (χ2n) is 5.16. The number of hydrazine groups is 1. The Labute approximate surface area is 121 Å². The van der Waals surface area contributed by atoms with Crippen LogP contribution < -0.4 is 10.9 Å². The third-order valence-corrected chi connectivity index (χ3v) is 3.43. The molecular formula is C12H16N6OS. The Bertz CT molecular complexity index is 549. The third kappa shape index (κ3) is 3.77. The van der Waals surface area contributed by atoms with Gasteiger partial charge in [0.15, 0.2) is 0 Å². The first kappa shape index (κ1) is 14.4. The van der Waals surface area contributed by atoms with E-state index in [0.717, 1.165) is 11.5 Å². The summed E-state index contributed by atoms with van der Waals surface area (Å²) in [5, 5.41) is 8.77. The molecule has 0 unspecified atom stereocenters. The molecule has 0 atom stereocenters. The topological polar surface area (TPSA) is 91.6 Å². The van der Waals surface area contributed by atoms with Gasteiger partial charge in [0.25, 0.3) is 5.91 Å². The predicted octanol–water partition coefficient (Wildman–Crippen LogP) is 1.22. The predicted molar refractivity (Wildman–Crippen MR) is 79.4 cm³/mol. The highest BCUT2D eigenvalue weighted by molar-refractivity contribution is 8.14. The average molecular weight is 292 g/mol. The summed E-state index contributed by atoms with van der Waals surface area (Å²) in [4.78, 5) is 19.5. The molecule has 2 rings (SSSR count). The lowest BCUT2D eigenvalue weighted by molar-refractivity contribution is 0.0939. The van der Waals surface area contributed by atoms with Gasteiger partial charge in [0.05, 0.1) is 11.9 Å². The molecule has 0 radical (unpaired) electrons.